The monoisotopic (exact) mass is 317 g/mol. The highest BCUT2D eigenvalue weighted by molar-refractivity contribution is 9.10. The van der Waals surface area contributed by atoms with Gasteiger partial charge in [-0.15, -0.1) is 0 Å². The van der Waals surface area contributed by atoms with Gasteiger partial charge in [0.15, 0.2) is 6.61 Å². The van der Waals surface area contributed by atoms with Crippen LogP contribution in [0.5, 0.6) is 5.75 Å². The molecule has 2 rings (SSSR count). The molecule has 17 heavy (non-hydrogen) atoms. The van der Waals surface area contributed by atoms with Gasteiger partial charge in [0.05, 0.1) is 11.6 Å². The third kappa shape index (κ3) is 3.18. The SMILES string of the molecule is NCc1nc(COc2ccc(Br)cc2Cl)no1. The second-order valence-corrected chi connectivity index (χ2v) is 4.49. The minimum Gasteiger partial charge on any atom is -0.484 e. The van der Waals surface area contributed by atoms with Gasteiger partial charge >= 0.3 is 0 Å². The first-order chi connectivity index (χ1) is 8.19. The molecule has 0 atom stereocenters. The maximum atomic E-state index is 5.99. The van der Waals surface area contributed by atoms with Crippen LogP contribution in [0.3, 0.4) is 0 Å². The van der Waals surface area contributed by atoms with E-state index in [0.717, 1.165) is 4.47 Å². The summed E-state index contributed by atoms with van der Waals surface area (Å²) in [4.78, 5) is 4.01. The van der Waals surface area contributed by atoms with E-state index in [1.54, 1.807) is 12.1 Å². The lowest BCUT2D eigenvalue weighted by atomic mass is 10.3. The first-order valence-electron chi connectivity index (χ1n) is 4.78. The molecule has 0 amide bonds. The van der Waals surface area contributed by atoms with E-state index in [1.165, 1.54) is 0 Å². The van der Waals surface area contributed by atoms with Crippen molar-refractivity contribution in [2.75, 3.05) is 0 Å². The number of halogens is 2. The summed E-state index contributed by atoms with van der Waals surface area (Å²) in [5, 5.41) is 4.22. The molecule has 0 spiro atoms. The molecule has 1 aromatic carbocycles. The lowest BCUT2D eigenvalue weighted by molar-refractivity contribution is 0.285. The topological polar surface area (TPSA) is 74.2 Å². The Bertz CT molecular complexity index is 518. The summed E-state index contributed by atoms with van der Waals surface area (Å²) >= 11 is 9.30. The molecular formula is C10H9BrClN3O2. The van der Waals surface area contributed by atoms with Gasteiger partial charge in [-0.05, 0) is 18.2 Å². The average molecular weight is 319 g/mol. The predicted molar refractivity (Wildman–Crippen MR) is 65.7 cm³/mol. The van der Waals surface area contributed by atoms with E-state index in [-0.39, 0.29) is 13.2 Å². The quantitative estimate of drug-likeness (QED) is 0.937. The molecule has 0 saturated heterocycles. The summed E-state index contributed by atoms with van der Waals surface area (Å²) in [5.74, 6) is 1.38. The van der Waals surface area contributed by atoms with Crippen LogP contribution >= 0.6 is 27.5 Å². The Balaban J connectivity index is 2.02. The van der Waals surface area contributed by atoms with E-state index in [2.05, 4.69) is 26.1 Å². The van der Waals surface area contributed by atoms with Gasteiger partial charge in [-0.3, -0.25) is 0 Å². The van der Waals surface area contributed by atoms with E-state index in [1.807, 2.05) is 6.07 Å². The first-order valence-corrected chi connectivity index (χ1v) is 5.95. The molecule has 5 nitrogen and oxygen atoms in total. The van der Waals surface area contributed by atoms with Crippen LogP contribution in [0.25, 0.3) is 0 Å². The lowest BCUT2D eigenvalue weighted by Crippen LogP contribution is -2.00. The Morgan fingerprint density at radius 1 is 1.47 bits per heavy atom. The molecule has 7 heteroatoms. The number of nitrogens with two attached hydrogens (primary N) is 1. The highest BCUT2D eigenvalue weighted by Crippen LogP contribution is 2.28. The van der Waals surface area contributed by atoms with E-state index >= 15 is 0 Å². The number of hydrogen-bond acceptors (Lipinski definition) is 5. The van der Waals surface area contributed by atoms with Crippen molar-refractivity contribution in [2.45, 2.75) is 13.2 Å². The van der Waals surface area contributed by atoms with Gasteiger partial charge in [0, 0.05) is 4.47 Å². The van der Waals surface area contributed by atoms with Gasteiger partial charge in [-0.2, -0.15) is 4.98 Å². The summed E-state index contributed by atoms with van der Waals surface area (Å²) in [7, 11) is 0. The predicted octanol–water partition coefficient (Wildman–Crippen LogP) is 2.52. The average Bonchev–Trinajstić information content (AvgIpc) is 2.76. The molecule has 2 aromatic rings. The van der Waals surface area contributed by atoms with Gasteiger partial charge in [0.2, 0.25) is 11.7 Å². The molecule has 0 bridgehead atoms. The second-order valence-electron chi connectivity index (χ2n) is 3.17. The molecule has 1 aromatic heterocycles. The highest BCUT2D eigenvalue weighted by Gasteiger charge is 2.07. The number of benzene rings is 1. The smallest absolute Gasteiger partial charge is 0.240 e. The molecule has 2 N–H and O–H groups in total. The van der Waals surface area contributed by atoms with Crippen LogP contribution in [0.4, 0.5) is 0 Å². The molecule has 1 heterocycles. The van der Waals surface area contributed by atoms with E-state index < -0.39 is 0 Å². The molecule has 0 aliphatic rings. The van der Waals surface area contributed by atoms with Crippen LogP contribution < -0.4 is 10.5 Å². The fourth-order valence-corrected chi connectivity index (χ4v) is 1.89. The third-order valence-electron chi connectivity index (χ3n) is 1.94. The standard InChI is InChI=1S/C10H9BrClN3O2/c11-6-1-2-8(7(12)3-6)16-5-9-14-10(4-13)17-15-9/h1-3H,4-5,13H2. The van der Waals surface area contributed by atoms with Gasteiger partial charge in [-0.25, -0.2) is 0 Å². The van der Waals surface area contributed by atoms with Gasteiger partial charge in [-0.1, -0.05) is 32.7 Å². The maximum Gasteiger partial charge on any atom is 0.240 e. The van der Waals surface area contributed by atoms with Crippen molar-refractivity contribution in [2.24, 2.45) is 5.73 Å². The van der Waals surface area contributed by atoms with Crippen LogP contribution in [-0.2, 0) is 13.2 Å². The number of aromatic nitrogens is 2. The normalized spacial score (nSPS) is 10.5. The fourth-order valence-electron chi connectivity index (χ4n) is 1.17. The van der Waals surface area contributed by atoms with Crippen molar-refractivity contribution in [1.82, 2.24) is 10.1 Å². The fraction of sp³-hybridized carbons (Fsp3) is 0.200. The Labute approximate surface area is 111 Å². The summed E-state index contributed by atoms with van der Waals surface area (Å²) < 4.78 is 11.2. The molecule has 0 saturated carbocycles. The lowest BCUT2D eigenvalue weighted by Gasteiger charge is -2.05. The minimum absolute atomic E-state index is 0.185. The second kappa shape index (κ2) is 5.48. The Hall–Kier alpha value is -1.11. The molecule has 0 radical (unpaired) electrons. The first kappa shape index (κ1) is 12.3. The molecule has 0 aliphatic carbocycles. The molecular weight excluding hydrogens is 309 g/mol. The summed E-state index contributed by atoms with van der Waals surface area (Å²) in [6.07, 6.45) is 0. The van der Waals surface area contributed by atoms with E-state index in [4.69, 9.17) is 26.6 Å². The van der Waals surface area contributed by atoms with Crippen LogP contribution in [0, 0.1) is 0 Å². The van der Waals surface area contributed by atoms with Gasteiger partial charge in [0.1, 0.15) is 5.75 Å². The Morgan fingerprint density at radius 2 is 2.29 bits per heavy atom. The van der Waals surface area contributed by atoms with Crippen molar-refractivity contribution in [3.63, 3.8) is 0 Å². The Morgan fingerprint density at radius 3 is 2.94 bits per heavy atom. The molecule has 0 unspecified atom stereocenters. The van der Waals surface area contributed by atoms with Crippen molar-refractivity contribution >= 4 is 27.5 Å². The van der Waals surface area contributed by atoms with E-state index in [9.17, 15) is 0 Å². The highest BCUT2D eigenvalue weighted by atomic mass is 79.9. The zero-order valence-electron chi connectivity index (χ0n) is 8.69. The molecule has 90 valence electrons. The number of hydrogen-bond donors (Lipinski definition) is 1. The van der Waals surface area contributed by atoms with Crippen molar-refractivity contribution in [3.05, 3.63) is 39.4 Å². The van der Waals surface area contributed by atoms with Gasteiger partial charge in [0.25, 0.3) is 0 Å². The van der Waals surface area contributed by atoms with Crippen LogP contribution in [-0.4, -0.2) is 10.1 Å². The summed E-state index contributed by atoms with van der Waals surface area (Å²) in [6, 6.07) is 5.34. The molecule has 0 aliphatic heterocycles. The molecule has 0 fully saturated rings. The largest absolute Gasteiger partial charge is 0.484 e. The zero-order chi connectivity index (χ0) is 12.3. The third-order valence-corrected chi connectivity index (χ3v) is 2.72. The van der Waals surface area contributed by atoms with Crippen LogP contribution in [0.2, 0.25) is 5.02 Å². The minimum atomic E-state index is 0.185. The van der Waals surface area contributed by atoms with Crippen molar-refractivity contribution < 1.29 is 9.26 Å². The maximum absolute atomic E-state index is 5.99. The number of ether oxygens (including phenoxy) is 1. The summed E-state index contributed by atoms with van der Waals surface area (Å²) in [5.41, 5.74) is 5.35. The van der Waals surface area contributed by atoms with Crippen molar-refractivity contribution in [3.8, 4) is 5.75 Å². The van der Waals surface area contributed by atoms with Crippen LogP contribution in [0.15, 0.2) is 27.2 Å². The van der Waals surface area contributed by atoms with Crippen molar-refractivity contribution in [1.29, 1.82) is 0 Å². The van der Waals surface area contributed by atoms with E-state index in [0.29, 0.717) is 22.5 Å². The van der Waals surface area contributed by atoms with Gasteiger partial charge < -0.3 is 15.0 Å². The Kier molecular flexibility index (Phi) is 3.98. The zero-order valence-corrected chi connectivity index (χ0v) is 11.0. The summed E-state index contributed by atoms with van der Waals surface area (Å²) in [6.45, 7) is 0.400. The van der Waals surface area contributed by atoms with Crippen LogP contribution in [0.1, 0.15) is 11.7 Å². The number of rotatable bonds is 4. The number of nitrogens with zero attached hydrogens (tertiary/aromatic N) is 2.